The molecule has 0 saturated heterocycles. The minimum atomic E-state index is -0.566. The molecule has 3 aromatic carbocycles. The number of anilines is 1. The van der Waals surface area contributed by atoms with Crippen molar-refractivity contribution in [2.75, 3.05) is 25.2 Å². The van der Waals surface area contributed by atoms with Crippen LogP contribution in [0, 0.1) is 0 Å². The van der Waals surface area contributed by atoms with Crippen LogP contribution in [0.2, 0.25) is 0 Å². The third-order valence-corrected chi connectivity index (χ3v) is 5.59. The van der Waals surface area contributed by atoms with Gasteiger partial charge in [-0.05, 0) is 55.0 Å². The number of carbonyl (C=O) groups excluding carboxylic acids is 4. The van der Waals surface area contributed by atoms with Gasteiger partial charge in [-0.3, -0.25) is 19.2 Å². The van der Waals surface area contributed by atoms with Gasteiger partial charge in [0.15, 0.2) is 0 Å². The number of ether oxygens (including phenoxy) is 2. The second kappa shape index (κ2) is 10.2. The van der Waals surface area contributed by atoms with E-state index >= 15 is 0 Å². The predicted octanol–water partition coefficient (Wildman–Crippen LogP) is 3.70. The average Bonchev–Trinajstić information content (AvgIpc) is 3.13. The quantitative estimate of drug-likeness (QED) is 0.367. The average molecular weight is 472 g/mol. The van der Waals surface area contributed by atoms with Crippen molar-refractivity contribution in [1.82, 2.24) is 4.90 Å². The van der Waals surface area contributed by atoms with Gasteiger partial charge < -0.3 is 14.4 Å². The number of fused-ring (bicyclic) bond motifs is 1. The molecule has 178 valence electrons. The second-order valence-electron chi connectivity index (χ2n) is 7.86. The molecule has 8 nitrogen and oxygen atoms in total. The highest BCUT2D eigenvalue weighted by Crippen LogP contribution is 2.30. The van der Waals surface area contributed by atoms with Gasteiger partial charge in [0, 0.05) is 12.1 Å². The lowest BCUT2D eigenvalue weighted by Crippen LogP contribution is -2.35. The first-order valence-corrected chi connectivity index (χ1v) is 11.1. The molecule has 1 aliphatic rings. The summed E-state index contributed by atoms with van der Waals surface area (Å²) in [7, 11) is 1.25. The van der Waals surface area contributed by atoms with Crippen LogP contribution in [0.1, 0.15) is 43.6 Å². The molecule has 0 unspecified atom stereocenters. The number of nitrogens with zero attached hydrogens (tertiary/aromatic N) is 2. The number of esters is 1. The van der Waals surface area contributed by atoms with E-state index in [4.69, 9.17) is 9.47 Å². The highest BCUT2D eigenvalue weighted by atomic mass is 16.5. The number of amides is 3. The zero-order valence-electron chi connectivity index (χ0n) is 19.4. The Kier molecular flexibility index (Phi) is 6.91. The molecular formula is C27H24N2O6. The van der Waals surface area contributed by atoms with Crippen LogP contribution < -0.4 is 9.64 Å². The Balaban J connectivity index is 1.61. The second-order valence-corrected chi connectivity index (χ2v) is 7.86. The number of hydrogen-bond donors (Lipinski definition) is 0. The summed E-state index contributed by atoms with van der Waals surface area (Å²) < 4.78 is 10.2. The molecule has 3 aromatic rings. The molecule has 4 rings (SSSR count). The van der Waals surface area contributed by atoms with Crippen LogP contribution in [-0.2, 0) is 16.1 Å². The third kappa shape index (κ3) is 4.91. The Bertz CT molecular complexity index is 1270. The summed E-state index contributed by atoms with van der Waals surface area (Å²) in [6.07, 6.45) is 0. The monoisotopic (exact) mass is 472 g/mol. The van der Waals surface area contributed by atoms with Gasteiger partial charge in [-0.2, -0.15) is 0 Å². The molecule has 1 aliphatic heterocycles. The summed E-state index contributed by atoms with van der Waals surface area (Å²) >= 11 is 0. The molecule has 0 N–H and O–H groups in total. The molecule has 3 amide bonds. The number of rotatable bonds is 8. The Morgan fingerprint density at radius 1 is 0.886 bits per heavy atom. The lowest BCUT2D eigenvalue weighted by Gasteiger charge is -2.22. The third-order valence-electron chi connectivity index (χ3n) is 5.59. The molecule has 0 atom stereocenters. The van der Waals surface area contributed by atoms with Crippen LogP contribution in [0.25, 0.3) is 0 Å². The minimum absolute atomic E-state index is 0.132. The van der Waals surface area contributed by atoms with E-state index in [0.717, 1.165) is 10.5 Å². The lowest BCUT2D eigenvalue weighted by atomic mass is 10.0. The fourth-order valence-electron chi connectivity index (χ4n) is 3.87. The van der Waals surface area contributed by atoms with Gasteiger partial charge in [0.05, 0.1) is 30.5 Å². The maximum Gasteiger partial charge on any atom is 0.325 e. The summed E-state index contributed by atoms with van der Waals surface area (Å²) in [5.41, 5.74) is 1.77. The van der Waals surface area contributed by atoms with E-state index in [-0.39, 0.29) is 29.8 Å². The largest absolute Gasteiger partial charge is 0.494 e. The highest BCUT2D eigenvalue weighted by Gasteiger charge is 2.37. The van der Waals surface area contributed by atoms with Crippen LogP contribution in [0.4, 0.5) is 5.69 Å². The Labute approximate surface area is 202 Å². The van der Waals surface area contributed by atoms with Crippen molar-refractivity contribution >= 4 is 29.4 Å². The molecule has 0 spiro atoms. The van der Waals surface area contributed by atoms with Gasteiger partial charge >= 0.3 is 5.97 Å². The van der Waals surface area contributed by atoms with E-state index in [9.17, 15) is 19.2 Å². The molecule has 8 heteroatoms. The molecule has 1 heterocycles. The highest BCUT2D eigenvalue weighted by molar-refractivity contribution is 6.34. The summed E-state index contributed by atoms with van der Waals surface area (Å²) in [5, 5.41) is 0. The fourth-order valence-corrected chi connectivity index (χ4v) is 3.87. The van der Waals surface area contributed by atoms with E-state index in [2.05, 4.69) is 0 Å². The maximum absolute atomic E-state index is 13.3. The molecule has 35 heavy (non-hydrogen) atoms. The van der Waals surface area contributed by atoms with Crippen molar-refractivity contribution < 1.29 is 28.7 Å². The maximum atomic E-state index is 13.3. The number of carbonyl (C=O) groups is 4. The van der Waals surface area contributed by atoms with E-state index in [1.165, 1.54) is 30.2 Å². The van der Waals surface area contributed by atoms with Crippen molar-refractivity contribution in [1.29, 1.82) is 0 Å². The minimum Gasteiger partial charge on any atom is -0.494 e. The molecule has 0 saturated carbocycles. The van der Waals surface area contributed by atoms with E-state index < -0.39 is 23.7 Å². The summed E-state index contributed by atoms with van der Waals surface area (Å²) in [6.45, 7) is 2.28. The topological polar surface area (TPSA) is 93.2 Å². The first kappa shape index (κ1) is 23.7. The van der Waals surface area contributed by atoms with Gasteiger partial charge in [0.25, 0.3) is 17.7 Å². The predicted molar refractivity (Wildman–Crippen MR) is 128 cm³/mol. The molecule has 0 bridgehead atoms. The van der Waals surface area contributed by atoms with Gasteiger partial charge in [0.1, 0.15) is 12.3 Å². The summed E-state index contributed by atoms with van der Waals surface area (Å²) in [4.78, 5) is 53.8. The molecule has 0 aromatic heterocycles. The Morgan fingerprint density at radius 2 is 1.57 bits per heavy atom. The van der Waals surface area contributed by atoms with Crippen LogP contribution in [-0.4, -0.2) is 48.9 Å². The van der Waals surface area contributed by atoms with Gasteiger partial charge in [-0.25, -0.2) is 4.90 Å². The smallest absolute Gasteiger partial charge is 0.325 e. The van der Waals surface area contributed by atoms with Crippen LogP contribution in [0.3, 0.4) is 0 Å². The number of benzene rings is 3. The van der Waals surface area contributed by atoms with Crippen molar-refractivity contribution in [3.05, 3.63) is 95.1 Å². The van der Waals surface area contributed by atoms with Gasteiger partial charge in [0.2, 0.25) is 0 Å². The van der Waals surface area contributed by atoms with Crippen LogP contribution in [0.15, 0.2) is 72.8 Å². The normalized spacial score (nSPS) is 12.3. The van der Waals surface area contributed by atoms with Crippen molar-refractivity contribution in [2.45, 2.75) is 13.5 Å². The first-order valence-electron chi connectivity index (χ1n) is 11.1. The van der Waals surface area contributed by atoms with Crippen LogP contribution in [0.5, 0.6) is 5.75 Å². The molecular weight excluding hydrogens is 448 g/mol. The lowest BCUT2D eigenvalue weighted by molar-refractivity contribution is -0.141. The molecule has 0 radical (unpaired) electrons. The zero-order valence-corrected chi connectivity index (χ0v) is 19.4. The zero-order chi connectivity index (χ0) is 24.9. The van der Waals surface area contributed by atoms with E-state index in [0.29, 0.717) is 18.0 Å². The number of hydrogen-bond acceptors (Lipinski definition) is 6. The summed E-state index contributed by atoms with van der Waals surface area (Å²) in [6, 6.07) is 20.2. The summed E-state index contributed by atoms with van der Waals surface area (Å²) in [5.74, 6) is -1.38. The number of imide groups is 1. The number of methoxy groups -OCH3 is 1. The van der Waals surface area contributed by atoms with E-state index in [1.54, 1.807) is 24.3 Å². The molecule has 0 fully saturated rings. The standard InChI is InChI=1S/C27H24N2O6/c1-3-35-21-12-10-20(11-13-21)29-26(32)22-14-9-19(15-23(22)27(29)33)25(31)28(17-24(30)34-2)16-18-7-5-4-6-8-18/h4-15H,3,16-17H2,1-2H3. The SMILES string of the molecule is CCOc1ccc(N2C(=O)c3ccc(C(=O)N(CC(=O)OC)Cc4ccccc4)cc3C2=O)cc1. The van der Waals surface area contributed by atoms with Crippen molar-refractivity contribution in [3.8, 4) is 5.75 Å². The Morgan fingerprint density at radius 3 is 2.23 bits per heavy atom. The fraction of sp³-hybridized carbons (Fsp3) is 0.185. The van der Waals surface area contributed by atoms with Crippen molar-refractivity contribution in [2.24, 2.45) is 0 Å². The van der Waals surface area contributed by atoms with Crippen molar-refractivity contribution in [3.63, 3.8) is 0 Å². The van der Waals surface area contributed by atoms with Gasteiger partial charge in [-0.1, -0.05) is 30.3 Å². The first-order chi connectivity index (χ1) is 16.9. The van der Waals surface area contributed by atoms with E-state index in [1.807, 2.05) is 37.3 Å². The molecule has 0 aliphatic carbocycles. The van der Waals surface area contributed by atoms with Gasteiger partial charge in [-0.15, -0.1) is 0 Å². The van der Waals surface area contributed by atoms with Crippen LogP contribution >= 0.6 is 0 Å². The Hall–Kier alpha value is -4.46.